The number of carbonyl (C=O) groups excluding carboxylic acids is 1. The number of carbonyl (C=O) groups is 1. The molecule has 5 rings (SSSR count). The molecule has 1 amide bonds. The summed E-state index contributed by atoms with van der Waals surface area (Å²) in [5.41, 5.74) is -0.0481. The van der Waals surface area contributed by atoms with Crippen molar-refractivity contribution in [1.82, 2.24) is 4.90 Å². The predicted octanol–water partition coefficient (Wildman–Crippen LogP) is 6.71. The number of hydrogen-bond donors (Lipinski definition) is 1. The maximum atomic E-state index is 13.0. The molecule has 0 aromatic heterocycles. The molecule has 1 N–H and O–H groups in total. The van der Waals surface area contributed by atoms with Crippen molar-refractivity contribution in [1.29, 1.82) is 5.41 Å². The van der Waals surface area contributed by atoms with Gasteiger partial charge < -0.3 is 4.74 Å². The van der Waals surface area contributed by atoms with Gasteiger partial charge in [-0.2, -0.15) is 18.2 Å². The lowest BCUT2D eigenvalue weighted by Crippen LogP contribution is -2.38. The number of nitro benzene ring substituents is 1. The van der Waals surface area contributed by atoms with Crippen molar-refractivity contribution < 1.29 is 27.6 Å². The fraction of sp³-hybridized carbons (Fsp3) is 0.0385. The van der Waals surface area contributed by atoms with E-state index in [9.17, 15) is 28.1 Å². The molecular formula is C26H15F3N4O4S. The molecule has 3 aromatic carbocycles. The lowest BCUT2D eigenvalue weighted by molar-refractivity contribution is -0.385. The van der Waals surface area contributed by atoms with E-state index >= 15 is 0 Å². The highest BCUT2D eigenvalue weighted by Gasteiger charge is 2.36. The van der Waals surface area contributed by atoms with Gasteiger partial charge >= 0.3 is 11.9 Å². The molecule has 0 spiro atoms. The number of nitrogens with one attached hydrogen (secondary N) is 1. The maximum Gasteiger partial charge on any atom is 0.416 e. The molecule has 0 unspecified atom stereocenters. The molecule has 0 fully saturated rings. The lowest BCUT2D eigenvalue weighted by Gasteiger charge is -2.26. The summed E-state index contributed by atoms with van der Waals surface area (Å²) in [7, 11) is 0. The molecule has 190 valence electrons. The minimum Gasteiger partial charge on any atom is -0.450 e. The molecule has 0 bridgehead atoms. The Morgan fingerprint density at radius 3 is 2.53 bits per heavy atom. The van der Waals surface area contributed by atoms with E-state index in [2.05, 4.69) is 4.99 Å². The molecule has 8 nitrogen and oxygen atoms in total. The monoisotopic (exact) mass is 536 g/mol. The molecule has 12 heteroatoms. The zero-order valence-corrected chi connectivity index (χ0v) is 19.9. The first-order chi connectivity index (χ1) is 18.1. The van der Waals surface area contributed by atoms with Crippen LogP contribution >= 0.6 is 11.8 Å². The number of ether oxygens (including phenoxy) is 1. The van der Waals surface area contributed by atoms with Gasteiger partial charge in [0.2, 0.25) is 5.75 Å². The van der Waals surface area contributed by atoms with E-state index < -0.39 is 28.3 Å². The molecule has 0 saturated carbocycles. The van der Waals surface area contributed by atoms with Gasteiger partial charge in [0.05, 0.1) is 21.8 Å². The van der Waals surface area contributed by atoms with Gasteiger partial charge in [0, 0.05) is 11.5 Å². The van der Waals surface area contributed by atoms with Crippen LogP contribution in [0.2, 0.25) is 0 Å². The average Bonchev–Trinajstić information content (AvgIpc) is 3.30. The van der Waals surface area contributed by atoms with Crippen LogP contribution in [0.4, 0.5) is 18.9 Å². The van der Waals surface area contributed by atoms with E-state index in [4.69, 9.17) is 10.1 Å². The van der Waals surface area contributed by atoms with Gasteiger partial charge in [0.15, 0.2) is 5.17 Å². The van der Waals surface area contributed by atoms with Crippen molar-refractivity contribution in [3.8, 4) is 11.5 Å². The molecule has 0 saturated heterocycles. The van der Waals surface area contributed by atoms with Crippen molar-refractivity contribution in [3.05, 3.63) is 111 Å². The molecule has 3 aromatic rings. The van der Waals surface area contributed by atoms with Gasteiger partial charge in [-0.1, -0.05) is 54.2 Å². The molecule has 0 aliphatic carbocycles. The number of aliphatic imine (C=N–C) groups is 1. The molecule has 2 aliphatic rings. The number of benzene rings is 3. The zero-order valence-electron chi connectivity index (χ0n) is 19.1. The third kappa shape index (κ3) is 4.81. The summed E-state index contributed by atoms with van der Waals surface area (Å²) in [6, 6.07) is 17.4. The minimum absolute atomic E-state index is 0.00995. The summed E-state index contributed by atoms with van der Waals surface area (Å²) in [5, 5.41) is 22.3. The number of fused-ring (bicyclic) bond motifs is 1. The van der Waals surface area contributed by atoms with Crippen molar-refractivity contribution in [2.24, 2.45) is 4.99 Å². The second-order valence-corrected chi connectivity index (χ2v) is 8.88. The third-order valence-electron chi connectivity index (χ3n) is 5.56. The number of thioether (sulfide) groups is 1. The van der Waals surface area contributed by atoms with Gasteiger partial charge in [-0.15, -0.1) is 0 Å². The molecular weight excluding hydrogens is 521 g/mol. The first-order valence-corrected chi connectivity index (χ1v) is 11.8. The lowest BCUT2D eigenvalue weighted by atomic mass is 10.1. The number of amides is 1. The van der Waals surface area contributed by atoms with Crippen LogP contribution in [0.1, 0.15) is 16.7 Å². The number of alkyl halides is 3. The van der Waals surface area contributed by atoms with Crippen LogP contribution in [-0.4, -0.2) is 26.7 Å². The molecule has 0 radical (unpaired) electrons. The van der Waals surface area contributed by atoms with E-state index in [0.717, 1.165) is 11.6 Å². The molecule has 0 atom stereocenters. The Morgan fingerprint density at radius 2 is 1.82 bits per heavy atom. The van der Waals surface area contributed by atoms with E-state index in [0.29, 0.717) is 28.6 Å². The summed E-state index contributed by atoms with van der Waals surface area (Å²) in [6.45, 7) is 0. The molecule has 2 heterocycles. The van der Waals surface area contributed by atoms with Crippen LogP contribution in [0.5, 0.6) is 11.5 Å². The van der Waals surface area contributed by atoms with Crippen LogP contribution in [0, 0.1) is 15.5 Å². The number of amidine groups is 2. The first kappa shape index (κ1) is 25.0. The van der Waals surface area contributed by atoms with Gasteiger partial charge in [-0.25, -0.2) is 0 Å². The van der Waals surface area contributed by atoms with Crippen LogP contribution in [-0.2, 0) is 11.0 Å². The Balaban J connectivity index is 1.44. The quantitative estimate of drug-likeness (QED) is 0.221. The van der Waals surface area contributed by atoms with E-state index in [1.807, 2.05) is 35.7 Å². The summed E-state index contributed by atoms with van der Waals surface area (Å²) in [6.07, 6.45) is -3.32. The predicted molar refractivity (Wildman–Crippen MR) is 137 cm³/mol. The normalized spacial score (nSPS) is 16.3. The maximum absolute atomic E-state index is 13.0. The number of hydrogen-bond acceptors (Lipinski definition) is 6. The van der Waals surface area contributed by atoms with Gasteiger partial charge in [0.25, 0.3) is 5.91 Å². The van der Waals surface area contributed by atoms with E-state index in [-0.39, 0.29) is 22.9 Å². The second-order valence-electron chi connectivity index (χ2n) is 8.04. The highest BCUT2D eigenvalue weighted by atomic mass is 32.2. The van der Waals surface area contributed by atoms with Crippen LogP contribution < -0.4 is 4.74 Å². The Kier molecular flexibility index (Phi) is 6.33. The summed E-state index contributed by atoms with van der Waals surface area (Å²) < 4.78 is 44.5. The molecule has 38 heavy (non-hydrogen) atoms. The van der Waals surface area contributed by atoms with Crippen molar-refractivity contribution in [2.75, 3.05) is 0 Å². The van der Waals surface area contributed by atoms with Crippen LogP contribution in [0.25, 0.3) is 11.8 Å². The first-order valence-electron chi connectivity index (χ1n) is 10.9. The van der Waals surface area contributed by atoms with E-state index in [1.54, 1.807) is 17.0 Å². The smallest absolute Gasteiger partial charge is 0.416 e. The Labute approximate surface area is 217 Å². The van der Waals surface area contributed by atoms with Crippen LogP contribution in [0.3, 0.4) is 0 Å². The van der Waals surface area contributed by atoms with Crippen molar-refractivity contribution >= 4 is 46.1 Å². The Bertz CT molecular complexity index is 1580. The van der Waals surface area contributed by atoms with Gasteiger partial charge in [-0.3, -0.25) is 25.2 Å². The standard InChI is InChI=1S/C26H15F3N4O4S/c27-26(28,29)17-9-10-22(20(13-17)33(35)36)37-18-8-4-5-15(11-18)12-19-23(30)32-21(16-6-2-1-3-7-16)14-38-25(32)31-24(19)34/h1-14,30H/b19-12-,30-23?. The van der Waals surface area contributed by atoms with Crippen LogP contribution in [0.15, 0.2) is 88.8 Å². The zero-order chi connectivity index (χ0) is 27.0. The summed E-state index contributed by atoms with van der Waals surface area (Å²) in [5.74, 6) is -0.982. The number of nitrogens with zero attached hydrogens (tertiary/aromatic N) is 3. The third-order valence-corrected chi connectivity index (χ3v) is 6.39. The fourth-order valence-corrected chi connectivity index (χ4v) is 4.69. The van der Waals surface area contributed by atoms with Crippen molar-refractivity contribution in [3.63, 3.8) is 0 Å². The topological polar surface area (TPSA) is 109 Å². The Hall–Kier alpha value is -4.71. The van der Waals surface area contributed by atoms with Gasteiger partial charge in [-0.05, 0) is 41.5 Å². The second kappa shape index (κ2) is 9.63. The largest absolute Gasteiger partial charge is 0.450 e. The highest BCUT2D eigenvalue weighted by Crippen LogP contribution is 2.39. The van der Waals surface area contributed by atoms with Crippen molar-refractivity contribution in [2.45, 2.75) is 6.18 Å². The van der Waals surface area contributed by atoms with Gasteiger partial charge in [0.1, 0.15) is 11.6 Å². The number of nitro groups is 1. The average molecular weight is 536 g/mol. The number of halogens is 3. The Morgan fingerprint density at radius 1 is 1.05 bits per heavy atom. The molecule has 2 aliphatic heterocycles. The summed E-state index contributed by atoms with van der Waals surface area (Å²) in [4.78, 5) is 28.8. The summed E-state index contributed by atoms with van der Waals surface area (Å²) >= 11 is 1.23. The SMILES string of the molecule is N=C1/C(=C/c2cccc(Oc3ccc(C(F)(F)F)cc3[N+](=O)[O-])c2)C(=O)N=C2SC=C(c3ccccc3)N12. The fourth-order valence-electron chi connectivity index (χ4n) is 3.80. The number of rotatable bonds is 5. The van der Waals surface area contributed by atoms with E-state index in [1.165, 1.54) is 30.0 Å². The minimum atomic E-state index is -4.75. The highest BCUT2D eigenvalue weighted by molar-refractivity contribution is 8.17.